The molecule has 104 valence electrons. The van der Waals surface area contributed by atoms with E-state index in [1.54, 1.807) is 12.1 Å². The molecule has 0 saturated carbocycles. The molecule has 0 aromatic heterocycles. The van der Waals surface area contributed by atoms with Crippen molar-refractivity contribution in [3.63, 3.8) is 0 Å². The number of nitrogens with one attached hydrogen (secondary N) is 1. The van der Waals surface area contributed by atoms with Crippen LogP contribution in [0, 0.1) is 5.82 Å². The van der Waals surface area contributed by atoms with Gasteiger partial charge in [0.15, 0.2) is 5.82 Å². The van der Waals surface area contributed by atoms with Crippen molar-refractivity contribution >= 4 is 44.5 Å². The molecule has 2 rings (SSSR count). The van der Waals surface area contributed by atoms with Gasteiger partial charge in [-0.3, -0.25) is 0 Å². The van der Waals surface area contributed by atoms with E-state index in [1.165, 1.54) is 0 Å². The maximum atomic E-state index is 14.3. The predicted octanol–water partition coefficient (Wildman–Crippen LogP) is 4.53. The second-order valence-electron chi connectivity index (χ2n) is 4.29. The monoisotopic (exact) mass is 352 g/mol. The normalized spacial score (nSPS) is 10.3. The van der Waals surface area contributed by atoms with E-state index in [4.69, 9.17) is 18.0 Å². The number of hydrogen-bond acceptors (Lipinski definition) is 2. The summed E-state index contributed by atoms with van der Waals surface area (Å²) in [6.07, 6.45) is 0.872. The van der Waals surface area contributed by atoms with Crippen molar-refractivity contribution in [1.29, 1.82) is 0 Å². The van der Waals surface area contributed by atoms with Crippen molar-refractivity contribution in [3.05, 3.63) is 57.8 Å². The number of thiocarbonyl (C=S) groups is 1. The lowest BCUT2D eigenvalue weighted by Gasteiger charge is -2.13. The Morgan fingerprint density at radius 1 is 1.25 bits per heavy atom. The molecule has 0 radical (unpaired) electrons. The molecule has 0 saturated heterocycles. The average Bonchev–Trinajstić information content (AvgIpc) is 2.44. The smallest absolute Gasteiger partial charge is 0.161 e. The van der Waals surface area contributed by atoms with Gasteiger partial charge in [-0.1, -0.05) is 37.3 Å². The molecule has 0 spiro atoms. The topological polar surface area (TPSA) is 38.0 Å². The van der Waals surface area contributed by atoms with E-state index in [1.807, 2.05) is 24.3 Å². The fourth-order valence-corrected chi connectivity index (χ4v) is 2.79. The number of benzene rings is 2. The summed E-state index contributed by atoms with van der Waals surface area (Å²) in [5, 5.41) is 3.11. The number of rotatable bonds is 4. The molecule has 0 aliphatic rings. The SMILES string of the molecule is CCc1ccccc1Nc1ccc(C(N)=S)c(Br)c1F. The van der Waals surface area contributed by atoms with Crippen LogP contribution in [-0.4, -0.2) is 4.99 Å². The number of para-hydroxylation sites is 1. The second-order valence-corrected chi connectivity index (χ2v) is 5.52. The molecule has 0 bridgehead atoms. The number of hydrogen-bond donors (Lipinski definition) is 2. The first-order valence-corrected chi connectivity index (χ1v) is 7.37. The van der Waals surface area contributed by atoms with Gasteiger partial charge in [-0.05, 0) is 46.1 Å². The van der Waals surface area contributed by atoms with Crippen molar-refractivity contribution < 1.29 is 4.39 Å². The summed E-state index contributed by atoms with van der Waals surface area (Å²) in [5.74, 6) is -0.402. The third-order valence-electron chi connectivity index (χ3n) is 3.02. The van der Waals surface area contributed by atoms with Gasteiger partial charge in [0.2, 0.25) is 0 Å². The number of nitrogens with two attached hydrogens (primary N) is 1. The highest BCUT2D eigenvalue weighted by Gasteiger charge is 2.13. The maximum absolute atomic E-state index is 14.3. The molecule has 20 heavy (non-hydrogen) atoms. The first kappa shape index (κ1) is 14.9. The van der Waals surface area contributed by atoms with Gasteiger partial charge in [0, 0.05) is 11.3 Å². The molecular weight excluding hydrogens is 339 g/mol. The maximum Gasteiger partial charge on any atom is 0.161 e. The van der Waals surface area contributed by atoms with Crippen LogP contribution in [0.1, 0.15) is 18.1 Å². The molecule has 2 nitrogen and oxygen atoms in total. The first-order chi connectivity index (χ1) is 9.54. The minimum absolute atomic E-state index is 0.163. The molecule has 2 aromatic carbocycles. The Morgan fingerprint density at radius 2 is 1.95 bits per heavy atom. The quantitative estimate of drug-likeness (QED) is 0.794. The van der Waals surface area contributed by atoms with E-state index >= 15 is 0 Å². The zero-order chi connectivity index (χ0) is 14.7. The van der Waals surface area contributed by atoms with Crippen LogP contribution in [0.25, 0.3) is 0 Å². The van der Waals surface area contributed by atoms with Crippen LogP contribution in [0.3, 0.4) is 0 Å². The summed E-state index contributed by atoms with van der Waals surface area (Å²) in [5.41, 5.74) is 8.44. The van der Waals surface area contributed by atoms with Crippen molar-refractivity contribution in [3.8, 4) is 0 Å². The molecule has 5 heteroatoms. The summed E-state index contributed by atoms with van der Waals surface area (Å²) < 4.78 is 14.6. The van der Waals surface area contributed by atoms with Gasteiger partial charge in [-0.2, -0.15) is 0 Å². The minimum Gasteiger partial charge on any atom is -0.389 e. The Bertz CT molecular complexity index is 658. The van der Waals surface area contributed by atoms with Crippen LogP contribution in [0.15, 0.2) is 40.9 Å². The second kappa shape index (κ2) is 6.33. The van der Waals surface area contributed by atoms with Crippen LogP contribution in [-0.2, 0) is 6.42 Å². The third-order valence-corrected chi connectivity index (χ3v) is 4.01. The van der Waals surface area contributed by atoms with Crippen LogP contribution in [0.4, 0.5) is 15.8 Å². The fraction of sp³-hybridized carbons (Fsp3) is 0.133. The lowest BCUT2D eigenvalue weighted by atomic mass is 10.1. The summed E-state index contributed by atoms with van der Waals surface area (Å²) in [6, 6.07) is 11.2. The van der Waals surface area contributed by atoms with Gasteiger partial charge in [-0.15, -0.1) is 0 Å². The standard InChI is InChI=1S/C15H14BrFN2S/c1-2-9-5-3-4-6-11(9)19-12-8-7-10(15(18)20)13(16)14(12)17/h3-8,19H,2H2,1H3,(H2,18,20). The van der Waals surface area contributed by atoms with E-state index in [0.717, 1.165) is 17.7 Å². The summed E-state index contributed by atoms with van der Waals surface area (Å²) >= 11 is 8.08. The van der Waals surface area contributed by atoms with Gasteiger partial charge in [0.05, 0.1) is 10.2 Å². The molecule has 0 atom stereocenters. The van der Waals surface area contributed by atoms with E-state index in [9.17, 15) is 4.39 Å². The Balaban J connectivity index is 2.40. The largest absolute Gasteiger partial charge is 0.389 e. The highest BCUT2D eigenvalue weighted by molar-refractivity contribution is 9.10. The Hall–Kier alpha value is -1.46. The first-order valence-electron chi connectivity index (χ1n) is 6.17. The summed E-state index contributed by atoms with van der Waals surface area (Å²) in [4.78, 5) is 0.163. The van der Waals surface area contributed by atoms with Gasteiger partial charge >= 0.3 is 0 Å². The van der Waals surface area contributed by atoms with E-state index in [2.05, 4.69) is 28.2 Å². The summed E-state index contributed by atoms with van der Waals surface area (Å²) in [7, 11) is 0. The third kappa shape index (κ3) is 2.99. The lowest BCUT2D eigenvalue weighted by molar-refractivity contribution is 0.625. The Labute approximate surface area is 131 Å². The van der Waals surface area contributed by atoms with Crippen LogP contribution in [0.2, 0.25) is 0 Å². The van der Waals surface area contributed by atoms with Crippen molar-refractivity contribution in [2.45, 2.75) is 13.3 Å². The average molecular weight is 353 g/mol. The van der Waals surface area contributed by atoms with E-state index in [-0.39, 0.29) is 9.46 Å². The van der Waals surface area contributed by atoms with Gasteiger partial charge in [0.1, 0.15) is 4.99 Å². The molecular formula is C15H14BrFN2S. The molecule has 2 aromatic rings. The molecule has 0 amide bonds. The molecule has 0 unspecified atom stereocenters. The minimum atomic E-state index is -0.402. The van der Waals surface area contributed by atoms with E-state index < -0.39 is 5.82 Å². The molecule has 0 aliphatic carbocycles. The lowest BCUT2D eigenvalue weighted by Crippen LogP contribution is -2.11. The molecule has 0 heterocycles. The van der Waals surface area contributed by atoms with Crippen molar-refractivity contribution in [2.24, 2.45) is 5.73 Å². The van der Waals surface area contributed by atoms with Crippen LogP contribution >= 0.6 is 28.1 Å². The molecule has 0 aliphatic heterocycles. The van der Waals surface area contributed by atoms with Crippen molar-refractivity contribution in [1.82, 2.24) is 0 Å². The summed E-state index contributed by atoms with van der Waals surface area (Å²) in [6.45, 7) is 2.06. The van der Waals surface area contributed by atoms with Crippen LogP contribution < -0.4 is 11.1 Å². The van der Waals surface area contributed by atoms with Crippen LogP contribution in [0.5, 0.6) is 0 Å². The van der Waals surface area contributed by atoms with E-state index in [0.29, 0.717) is 11.3 Å². The van der Waals surface area contributed by atoms with Gasteiger partial charge in [-0.25, -0.2) is 4.39 Å². The predicted molar refractivity (Wildman–Crippen MR) is 89.1 cm³/mol. The zero-order valence-electron chi connectivity index (χ0n) is 10.9. The number of anilines is 2. The highest BCUT2D eigenvalue weighted by Crippen LogP contribution is 2.30. The fourth-order valence-electron chi connectivity index (χ4n) is 1.93. The Morgan fingerprint density at radius 3 is 2.60 bits per heavy atom. The highest BCUT2D eigenvalue weighted by atomic mass is 79.9. The van der Waals surface area contributed by atoms with Gasteiger partial charge < -0.3 is 11.1 Å². The molecule has 0 fully saturated rings. The zero-order valence-corrected chi connectivity index (χ0v) is 13.3. The molecule has 3 N–H and O–H groups in total. The van der Waals surface area contributed by atoms with Crippen molar-refractivity contribution in [2.75, 3.05) is 5.32 Å². The van der Waals surface area contributed by atoms with Gasteiger partial charge in [0.25, 0.3) is 0 Å². The number of halogens is 2. The number of aryl methyl sites for hydroxylation is 1. The Kier molecular flexibility index (Phi) is 4.73.